The Balaban J connectivity index is 1.52. The van der Waals surface area contributed by atoms with Gasteiger partial charge < -0.3 is 0 Å². The standard InChI is InChI=1S/C27H16I2O3/c28-23-7-3-1-5-21(23)26(31)19-13-9-17(10-14-19)25(30)18-11-15-20(16-12-18)27(32)22-6-2-4-8-24(22)29/h1-16H. The molecule has 0 aliphatic carbocycles. The van der Waals surface area contributed by atoms with E-state index in [4.69, 9.17) is 0 Å². The summed E-state index contributed by atoms with van der Waals surface area (Å²) < 4.78 is 1.77. The third-order valence-corrected chi connectivity index (χ3v) is 6.94. The van der Waals surface area contributed by atoms with Gasteiger partial charge in [-0.15, -0.1) is 0 Å². The summed E-state index contributed by atoms with van der Waals surface area (Å²) in [5.74, 6) is -0.314. The normalized spacial score (nSPS) is 10.6. The van der Waals surface area contributed by atoms with Crippen LogP contribution in [0.2, 0.25) is 0 Å². The van der Waals surface area contributed by atoms with Gasteiger partial charge in [0.2, 0.25) is 0 Å². The Morgan fingerprint density at radius 1 is 0.406 bits per heavy atom. The summed E-state index contributed by atoms with van der Waals surface area (Å²) in [6.45, 7) is 0. The Morgan fingerprint density at radius 3 is 1.00 bits per heavy atom. The summed E-state index contributed by atoms with van der Waals surface area (Å²) in [5, 5.41) is 0. The molecule has 0 radical (unpaired) electrons. The Bertz CT molecular complexity index is 1220. The summed E-state index contributed by atoms with van der Waals surface area (Å²) in [6.07, 6.45) is 0. The van der Waals surface area contributed by atoms with E-state index < -0.39 is 0 Å². The van der Waals surface area contributed by atoms with Gasteiger partial charge in [-0.1, -0.05) is 72.8 Å². The van der Waals surface area contributed by atoms with Crippen LogP contribution >= 0.6 is 45.2 Å². The van der Waals surface area contributed by atoms with Gasteiger partial charge in [-0.2, -0.15) is 0 Å². The van der Waals surface area contributed by atoms with Crippen molar-refractivity contribution in [3.8, 4) is 0 Å². The van der Waals surface area contributed by atoms with Gasteiger partial charge >= 0.3 is 0 Å². The van der Waals surface area contributed by atoms with Crippen molar-refractivity contribution in [3.05, 3.63) is 138 Å². The molecule has 0 aliphatic heterocycles. The van der Waals surface area contributed by atoms with Crippen LogP contribution in [0.3, 0.4) is 0 Å². The van der Waals surface area contributed by atoms with Crippen molar-refractivity contribution >= 4 is 62.5 Å². The monoisotopic (exact) mass is 642 g/mol. The zero-order valence-corrected chi connectivity index (χ0v) is 21.0. The van der Waals surface area contributed by atoms with Crippen molar-refractivity contribution in [2.24, 2.45) is 0 Å². The maximum Gasteiger partial charge on any atom is 0.194 e. The molecule has 0 heterocycles. The third-order valence-electron chi connectivity index (χ3n) is 5.06. The van der Waals surface area contributed by atoms with E-state index in [0.29, 0.717) is 33.4 Å². The number of carbonyl (C=O) groups is 3. The predicted molar refractivity (Wildman–Crippen MR) is 141 cm³/mol. The third kappa shape index (κ3) is 4.73. The molecule has 0 bridgehead atoms. The molecule has 4 rings (SSSR count). The number of benzene rings is 4. The van der Waals surface area contributed by atoms with E-state index in [1.54, 1.807) is 60.7 Å². The molecule has 32 heavy (non-hydrogen) atoms. The Labute approximate surface area is 213 Å². The van der Waals surface area contributed by atoms with Crippen LogP contribution in [0.15, 0.2) is 97.1 Å². The number of ketones is 3. The lowest BCUT2D eigenvalue weighted by Gasteiger charge is -2.07. The van der Waals surface area contributed by atoms with Crippen molar-refractivity contribution in [1.29, 1.82) is 0 Å². The van der Waals surface area contributed by atoms with E-state index in [2.05, 4.69) is 45.2 Å². The summed E-state index contributed by atoms with van der Waals surface area (Å²) in [6, 6.07) is 28.2. The first-order valence-electron chi connectivity index (χ1n) is 9.79. The lowest BCUT2D eigenvalue weighted by atomic mass is 9.97. The number of hydrogen-bond donors (Lipinski definition) is 0. The van der Waals surface area contributed by atoms with Gasteiger partial charge in [-0.25, -0.2) is 0 Å². The van der Waals surface area contributed by atoms with Gasteiger partial charge in [0.25, 0.3) is 0 Å². The van der Waals surface area contributed by atoms with E-state index >= 15 is 0 Å². The minimum atomic E-state index is -0.161. The van der Waals surface area contributed by atoms with Crippen molar-refractivity contribution in [3.63, 3.8) is 0 Å². The van der Waals surface area contributed by atoms with Crippen molar-refractivity contribution in [2.45, 2.75) is 0 Å². The van der Waals surface area contributed by atoms with Crippen LogP contribution in [-0.2, 0) is 0 Å². The first kappa shape index (κ1) is 22.5. The fraction of sp³-hybridized carbons (Fsp3) is 0. The molecule has 5 heteroatoms. The van der Waals surface area contributed by atoms with Gasteiger partial charge in [0.05, 0.1) is 0 Å². The molecule has 0 unspecified atom stereocenters. The van der Waals surface area contributed by atoms with E-state index in [0.717, 1.165) is 7.14 Å². The molecule has 0 aromatic heterocycles. The van der Waals surface area contributed by atoms with Gasteiger partial charge in [-0.05, 0) is 69.4 Å². The van der Waals surface area contributed by atoms with Crippen LogP contribution in [0.4, 0.5) is 0 Å². The minimum absolute atomic E-state index is 0.0765. The van der Waals surface area contributed by atoms with Crippen LogP contribution in [0.1, 0.15) is 47.8 Å². The average Bonchev–Trinajstić information content (AvgIpc) is 2.83. The number of carbonyl (C=O) groups excluding carboxylic acids is 3. The molecule has 4 aromatic rings. The number of halogens is 2. The molecule has 0 spiro atoms. The summed E-state index contributed by atoms with van der Waals surface area (Å²) in [7, 11) is 0. The van der Waals surface area contributed by atoms with Crippen molar-refractivity contribution in [1.82, 2.24) is 0 Å². The van der Waals surface area contributed by atoms with Gasteiger partial charge in [0.1, 0.15) is 0 Å². The smallest absolute Gasteiger partial charge is 0.194 e. The van der Waals surface area contributed by atoms with Gasteiger partial charge in [0.15, 0.2) is 17.3 Å². The zero-order chi connectivity index (χ0) is 22.7. The highest BCUT2D eigenvalue weighted by Gasteiger charge is 2.16. The maximum atomic E-state index is 12.9. The number of hydrogen-bond acceptors (Lipinski definition) is 3. The molecule has 0 saturated carbocycles. The summed E-state index contributed by atoms with van der Waals surface area (Å²) in [4.78, 5) is 38.4. The second-order valence-corrected chi connectivity index (χ2v) is 9.43. The fourth-order valence-electron chi connectivity index (χ4n) is 3.31. The largest absolute Gasteiger partial charge is 0.289 e. The molecule has 0 saturated heterocycles. The molecule has 156 valence electrons. The molecule has 0 aliphatic rings. The van der Waals surface area contributed by atoms with E-state index in [9.17, 15) is 14.4 Å². The number of rotatable bonds is 6. The first-order chi connectivity index (χ1) is 15.5. The molecular formula is C27H16I2O3. The molecule has 0 N–H and O–H groups in total. The second kappa shape index (κ2) is 9.87. The SMILES string of the molecule is O=C(c1ccc(C(=O)c2ccccc2I)cc1)c1ccc(C(=O)c2ccccc2I)cc1. The Hall–Kier alpha value is -2.65. The van der Waals surface area contributed by atoms with Crippen molar-refractivity contribution < 1.29 is 14.4 Å². The molecule has 4 aromatic carbocycles. The maximum absolute atomic E-state index is 12.9. The second-order valence-electron chi connectivity index (χ2n) is 7.10. The van der Waals surface area contributed by atoms with Crippen LogP contribution in [0.5, 0.6) is 0 Å². The van der Waals surface area contributed by atoms with Crippen LogP contribution in [0.25, 0.3) is 0 Å². The lowest BCUT2D eigenvalue weighted by molar-refractivity contribution is 0.102. The first-order valence-corrected chi connectivity index (χ1v) is 11.9. The molecule has 0 atom stereocenters. The Kier molecular flexibility index (Phi) is 6.95. The van der Waals surface area contributed by atoms with Crippen molar-refractivity contribution in [2.75, 3.05) is 0 Å². The molecule has 0 fully saturated rings. The molecule has 3 nitrogen and oxygen atoms in total. The van der Waals surface area contributed by atoms with Crippen LogP contribution < -0.4 is 0 Å². The van der Waals surface area contributed by atoms with Crippen LogP contribution in [-0.4, -0.2) is 17.3 Å². The average molecular weight is 642 g/mol. The van der Waals surface area contributed by atoms with Gasteiger partial charge in [0, 0.05) is 40.5 Å². The highest BCUT2D eigenvalue weighted by atomic mass is 127. The minimum Gasteiger partial charge on any atom is -0.289 e. The van der Waals surface area contributed by atoms with Crippen LogP contribution in [0, 0.1) is 7.14 Å². The lowest BCUT2D eigenvalue weighted by Crippen LogP contribution is -2.07. The molecule has 0 amide bonds. The molecular weight excluding hydrogens is 626 g/mol. The van der Waals surface area contributed by atoms with E-state index in [1.165, 1.54) is 0 Å². The van der Waals surface area contributed by atoms with E-state index in [1.807, 2.05) is 36.4 Å². The topological polar surface area (TPSA) is 51.2 Å². The highest BCUT2D eigenvalue weighted by molar-refractivity contribution is 14.1. The highest BCUT2D eigenvalue weighted by Crippen LogP contribution is 2.20. The van der Waals surface area contributed by atoms with E-state index in [-0.39, 0.29) is 17.3 Å². The summed E-state index contributed by atoms with van der Waals surface area (Å²) >= 11 is 4.28. The quantitative estimate of drug-likeness (QED) is 0.176. The Morgan fingerprint density at radius 2 is 0.688 bits per heavy atom. The fourth-order valence-corrected chi connectivity index (χ4v) is 4.58. The predicted octanol–water partition coefficient (Wildman–Crippen LogP) is 6.59. The van der Waals surface area contributed by atoms with Gasteiger partial charge in [-0.3, -0.25) is 14.4 Å². The zero-order valence-electron chi connectivity index (χ0n) is 16.7. The summed E-state index contributed by atoms with van der Waals surface area (Å²) in [5.41, 5.74) is 3.32.